The Morgan fingerprint density at radius 1 is 1.42 bits per heavy atom. The summed E-state index contributed by atoms with van der Waals surface area (Å²) < 4.78 is 28.3. The van der Waals surface area contributed by atoms with Gasteiger partial charge in [0, 0.05) is 6.42 Å². The van der Waals surface area contributed by atoms with Gasteiger partial charge in [-0.1, -0.05) is 6.07 Å². The first-order chi connectivity index (χ1) is 8.85. The quantitative estimate of drug-likeness (QED) is 0.874. The minimum absolute atomic E-state index is 0.0558. The Kier molecular flexibility index (Phi) is 4.15. The molecule has 1 aromatic carbocycles. The molecule has 7 heteroatoms. The molecule has 0 spiro atoms. The summed E-state index contributed by atoms with van der Waals surface area (Å²) in [5, 5.41) is 8.61. The molecule has 1 saturated heterocycles. The second-order valence-electron chi connectivity index (χ2n) is 4.48. The van der Waals surface area contributed by atoms with E-state index >= 15 is 0 Å². The van der Waals surface area contributed by atoms with E-state index in [0.29, 0.717) is 16.6 Å². The van der Waals surface area contributed by atoms with Crippen molar-refractivity contribution >= 4 is 31.7 Å². The van der Waals surface area contributed by atoms with E-state index in [1.807, 2.05) is 0 Å². The molecule has 1 aromatic rings. The second kappa shape index (κ2) is 5.50. The van der Waals surface area contributed by atoms with Gasteiger partial charge >= 0.3 is 5.97 Å². The maximum absolute atomic E-state index is 11.0. The van der Waals surface area contributed by atoms with Crippen LogP contribution in [0.25, 0.3) is 0 Å². The molecule has 19 heavy (non-hydrogen) atoms. The summed E-state index contributed by atoms with van der Waals surface area (Å²) in [6.45, 7) is 0. The van der Waals surface area contributed by atoms with Crippen LogP contribution in [0.5, 0.6) is 5.75 Å². The molecule has 0 bridgehead atoms. The van der Waals surface area contributed by atoms with Crippen LogP contribution in [0, 0.1) is 0 Å². The van der Waals surface area contributed by atoms with Crippen molar-refractivity contribution in [2.24, 2.45) is 0 Å². The summed E-state index contributed by atoms with van der Waals surface area (Å²) in [4.78, 5) is 10.5. The molecule has 0 unspecified atom stereocenters. The lowest BCUT2D eigenvalue weighted by molar-refractivity contribution is -0.136. The Hall–Kier alpha value is -1.08. The Morgan fingerprint density at radius 3 is 2.63 bits per heavy atom. The van der Waals surface area contributed by atoms with E-state index in [4.69, 9.17) is 9.84 Å². The molecule has 0 radical (unpaired) electrons. The summed E-state index contributed by atoms with van der Waals surface area (Å²) in [6, 6.07) is 5.31. The van der Waals surface area contributed by atoms with Gasteiger partial charge in [-0.05, 0) is 40.0 Å². The minimum atomic E-state index is -2.90. The molecule has 0 amide bonds. The maximum Gasteiger partial charge on any atom is 0.303 e. The third kappa shape index (κ3) is 3.94. The average Bonchev–Trinajstić information content (AvgIpc) is 2.27. The van der Waals surface area contributed by atoms with Gasteiger partial charge in [0.1, 0.15) is 11.9 Å². The van der Waals surface area contributed by atoms with E-state index in [9.17, 15) is 13.2 Å². The van der Waals surface area contributed by atoms with E-state index in [1.165, 1.54) is 0 Å². The van der Waals surface area contributed by atoms with Gasteiger partial charge in [-0.2, -0.15) is 0 Å². The summed E-state index contributed by atoms with van der Waals surface area (Å²) in [5.41, 5.74) is 0.892. The van der Waals surface area contributed by atoms with E-state index in [-0.39, 0.29) is 24.0 Å². The molecular formula is C12H13BrO5S. The van der Waals surface area contributed by atoms with Crippen LogP contribution in [0.15, 0.2) is 22.7 Å². The molecule has 1 fully saturated rings. The number of aliphatic carboxylic acids is 1. The highest BCUT2D eigenvalue weighted by Gasteiger charge is 2.35. The summed E-state index contributed by atoms with van der Waals surface area (Å²) in [6.07, 6.45) is 0.241. The zero-order valence-corrected chi connectivity index (χ0v) is 12.4. The number of carboxylic acids is 1. The first kappa shape index (κ1) is 14.3. The number of carboxylic acid groups (broad SMARTS) is 1. The number of carbonyl (C=O) groups is 1. The first-order valence-corrected chi connectivity index (χ1v) is 8.34. The highest BCUT2D eigenvalue weighted by atomic mass is 79.9. The lowest BCUT2D eigenvalue weighted by Gasteiger charge is -2.27. The molecule has 1 N–H and O–H groups in total. The van der Waals surface area contributed by atoms with Gasteiger partial charge in [-0.25, -0.2) is 8.42 Å². The second-order valence-corrected chi connectivity index (χ2v) is 7.48. The lowest BCUT2D eigenvalue weighted by atomic mass is 10.1. The molecule has 0 aliphatic carbocycles. The van der Waals surface area contributed by atoms with Crippen LogP contribution in [0.1, 0.15) is 12.0 Å². The van der Waals surface area contributed by atoms with Crippen LogP contribution >= 0.6 is 15.9 Å². The summed E-state index contributed by atoms with van der Waals surface area (Å²) in [5.74, 6) is -0.143. The van der Waals surface area contributed by atoms with Crippen LogP contribution in [0.3, 0.4) is 0 Å². The fourth-order valence-electron chi connectivity index (χ4n) is 1.81. The largest absolute Gasteiger partial charge is 0.487 e. The molecule has 104 valence electrons. The van der Waals surface area contributed by atoms with Crippen molar-refractivity contribution in [3.05, 3.63) is 28.2 Å². The predicted octanol–water partition coefficient (Wildman–Crippen LogP) is 1.64. The topological polar surface area (TPSA) is 80.7 Å². The van der Waals surface area contributed by atoms with Crippen LogP contribution in [0.4, 0.5) is 0 Å². The lowest BCUT2D eigenvalue weighted by Crippen LogP contribution is -2.45. The van der Waals surface area contributed by atoms with Crippen molar-refractivity contribution in [2.45, 2.75) is 18.9 Å². The zero-order chi connectivity index (χ0) is 14.0. The number of halogens is 1. The number of aryl methyl sites for hydroxylation is 1. The molecule has 1 aliphatic heterocycles. The number of sulfone groups is 1. The highest BCUT2D eigenvalue weighted by Crippen LogP contribution is 2.29. The number of rotatable bonds is 5. The van der Waals surface area contributed by atoms with Crippen LogP contribution in [-0.2, 0) is 21.1 Å². The SMILES string of the molecule is O=C(O)CCc1ccc(OC2CS(=O)(=O)C2)c(Br)c1. The van der Waals surface area contributed by atoms with Crippen molar-refractivity contribution in [1.82, 2.24) is 0 Å². The summed E-state index contributed by atoms with van der Waals surface area (Å²) in [7, 11) is -2.90. The first-order valence-electron chi connectivity index (χ1n) is 5.73. The van der Waals surface area contributed by atoms with Crippen molar-refractivity contribution in [1.29, 1.82) is 0 Å². The van der Waals surface area contributed by atoms with Gasteiger partial charge in [0.05, 0.1) is 16.0 Å². The number of benzene rings is 1. The standard InChI is InChI=1S/C12H13BrO5S/c13-10-5-8(2-4-12(14)15)1-3-11(10)18-9-6-19(16,17)7-9/h1,3,5,9H,2,4,6-7H2,(H,14,15). The number of ether oxygens (including phenoxy) is 1. The van der Waals surface area contributed by atoms with Gasteiger partial charge in [0.15, 0.2) is 9.84 Å². The fraction of sp³-hybridized carbons (Fsp3) is 0.417. The van der Waals surface area contributed by atoms with Crippen LogP contribution in [-0.4, -0.2) is 37.1 Å². The maximum atomic E-state index is 11.0. The van der Waals surface area contributed by atoms with E-state index < -0.39 is 15.8 Å². The molecule has 1 aliphatic rings. The van der Waals surface area contributed by atoms with Crippen molar-refractivity contribution in [3.63, 3.8) is 0 Å². The highest BCUT2D eigenvalue weighted by molar-refractivity contribution is 9.10. The van der Waals surface area contributed by atoms with Gasteiger partial charge in [0.25, 0.3) is 0 Å². The number of hydrogen-bond donors (Lipinski definition) is 1. The normalized spacial score (nSPS) is 17.7. The molecule has 0 atom stereocenters. The third-order valence-electron chi connectivity index (χ3n) is 2.80. The van der Waals surface area contributed by atoms with Crippen molar-refractivity contribution in [3.8, 4) is 5.75 Å². The Morgan fingerprint density at radius 2 is 2.11 bits per heavy atom. The Bertz CT molecular complexity index is 584. The van der Waals surface area contributed by atoms with Gasteiger partial charge in [-0.3, -0.25) is 4.79 Å². The molecule has 0 saturated carbocycles. The van der Waals surface area contributed by atoms with Gasteiger partial charge in [0.2, 0.25) is 0 Å². The Labute approximate surface area is 119 Å². The molecule has 1 heterocycles. The molecule has 2 rings (SSSR count). The van der Waals surface area contributed by atoms with E-state index in [2.05, 4.69) is 15.9 Å². The van der Waals surface area contributed by atoms with Crippen molar-refractivity contribution < 1.29 is 23.1 Å². The average molecular weight is 349 g/mol. The summed E-state index contributed by atoms with van der Waals surface area (Å²) >= 11 is 3.34. The predicted molar refractivity (Wildman–Crippen MR) is 73.2 cm³/mol. The van der Waals surface area contributed by atoms with E-state index in [1.54, 1.807) is 18.2 Å². The minimum Gasteiger partial charge on any atom is -0.487 e. The smallest absolute Gasteiger partial charge is 0.303 e. The van der Waals surface area contributed by atoms with E-state index in [0.717, 1.165) is 5.56 Å². The van der Waals surface area contributed by atoms with Crippen LogP contribution in [0.2, 0.25) is 0 Å². The molecule has 5 nitrogen and oxygen atoms in total. The fourth-order valence-corrected chi connectivity index (χ4v) is 3.50. The molecular weight excluding hydrogens is 336 g/mol. The van der Waals surface area contributed by atoms with Gasteiger partial charge in [-0.15, -0.1) is 0 Å². The third-order valence-corrected chi connectivity index (χ3v) is 5.18. The number of hydrogen-bond acceptors (Lipinski definition) is 4. The molecule has 0 aromatic heterocycles. The van der Waals surface area contributed by atoms with Crippen LogP contribution < -0.4 is 4.74 Å². The van der Waals surface area contributed by atoms with Crippen molar-refractivity contribution in [2.75, 3.05) is 11.5 Å². The van der Waals surface area contributed by atoms with Gasteiger partial charge < -0.3 is 9.84 Å². The zero-order valence-electron chi connectivity index (χ0n) is 10.0. The Balaban J connectivity index is 1.97. The monoisotopic (exact) mass is 348 g/mol.